The molecule has 0 atom stereocenters. The second kappa shape index (κ2) is 9.19. The quantitative estimate of drug-likeness (QED) is 0.806. The Bertz CT molecular complexity index is 754. The zero-order valence-corrected chi connectivity index (χ0v) is 15.3. The van der Waals surface area contributed by atoms with E-state index in [9.17, 15) is 9.59 Å². The number of nitrogens with two attached hydrogens (primary N) is 1. The molecule has 0 spiro atoms. The summed E-state index contributed by atoms with van der Waals surface area (Å²) in [5.74, 6) is 0.0236. The van der Waals surface area contributed by atoms with Gasteiger partial charge in [0.05, 0.1) is 0 Å². The van der Waals surface area contributed by atoms with Crippen molar-refractivity contribution < 1.29 is 14.3 Å². The van der Waals surface area contributed by atoms with Crippen LogP contribution in [0.15, 0.2) is 54.6 Å². The van der Waals surface area contributed by atoms with Gasteiger partial charge >= 0.3 is 0 Å². The Morgan fingerprint density at radius 1 is 0.926 bits per heavy atom. The van der Waals surface area contributed by atoms with Crippen LogP contribution in [-0.4, -0.2) is 60.9 Å². The summed E-state index contributed by atoms with van der Waals surface area (Å²) in [5.41, 5.74) is 7.02. The fourth-order valence-electron chi connectivity index (χ4n) is 3.14. The van der Waals surface area contributed by atoms with Gasteiger partial charge in [-0.3, -0.25) is 14.5 Å². The molecule has 0 saturated carbocycles. The second-order valence-electron chi connectivity index (χ2n) is 6.65. The van der Waals surface area contributed by atoms with Gasteiger partial charge in [0.25, 0.3) is 11.8 Å². The molecule has 2 amide bonds. The van der Waals surface area contributed by atoms with Crippen LogP contribution in [0, 0.1) is 0 Å². The lowest BCUT2D eigenvalue weighted by Gasteiger charge is -2.34. The molecule has 0 bridgehead atoms. The Balaban J connectivity index is 1.46. The van der Waals surface area contributed by atoms with E-state index in [2.05, 4.69) is 29.2 Å². The van der Waals surface area contributed by atoms with Crippen LogP contribution in [0.2, 0.25) is 0 Å². The Kier molecular flexibility index (Phi) is 6.44. The average Bonchev–Trinajstić information content (AvgIpc) is 2.72. The number of carbonyl (C=O) groups excluding carboxylic acids is 2. The van der Waals surface area contributed by atoms with Crippen molar-refractivity contribution in [2.45, 2.75) is 6.42 Å². The van der Waals surface area contributed by atoms with Crippen molar-refractivity contribution >= 4 is 11.8 Å². The highest BCUT2D eigenvalue weighted by Crippen LogP contribution is 2.15. The zero-order valence-electron chi connectivity index (χ0n) is 15.3. The van der Waals surface area contributed by atoms with Gasteiger partial charge in [-0.1, -0.05) is 30.3 Å². The Labute approximate surface area is 159 Å². The normalized spacial score (nSPS) is 14.7. The summed E-state index contributed by atoms with van der Waals surface area (Å²) in [5, 5.41) is 0. The van der Waals surface area contributed by atoms with Crippen LogP contribution in [0.5, 0.6) is 5.75 Å². The third-order valence-electron chi connectivity index (χ3n) is 4.70. The van der Waals surface area contributed by atoms with Gasteiger partial charge in [0.2, 0.25) is 0 Å². The van der Waals surface area contributed by atoms with Gasteiger partial charge in [-0.25, -0.2) is 0 Å². The van der Waals surface area contributed by atoms with E-state index in [-0.39, 0.29) is 12.5 Å². The number of primary amides is 1. The van der Waals surface area contributed by atoms with E-state index in [4.69, 9.17) is 10.5 Å². The molecule has 2 N–H and O–H groups in total. The monoisotopic (exact) mass is 367 g/mol. The van der Waals surface area contributed by atoms with E-state index in [0.717, 1.165) is 39.1 Å². The average molecular weight is 367 g/mol. The maximum absolute atomic E-state index is 12.7. The van der Waals surface area contributed by atoms with Crippen LogP contribution in [0.3, 0.4) is 0 Å². The van der Waals surface area contributed by atoms with E-state index < -0.39 is 5.91 Å². The van der Waals surface area contributed by atoms with E-state index in [1.807, 2.05) is 11.0 Å². The molecule has 6 heteroatoms. The lowest BCUT2D eigenvalue weighted by atomic mass is 10.1. The van der Waals surface area contributed by atoms with Gasteiger partial charge in [0.1, 0.15) is 5.75 Å². The van der Waals surface area contributed by atoms with E-state index in [0.29, 0.717) is 11.3 Å². The van der Waals surface area contributed by atoms with Crippen LogP contribution in [0.25, 0.3) is 0 Å². The smallest absolute Gasteiger partial charge is 0.255 e. The molecule has 6 nitrogen and oxygen atoms in total. The third-order valence-corrected chi connectivity index (χ3v) is 4.70. The van der Waals surface area contributed by atoms with E-state index >= 15 is 0 Å². The van der Waals surface area contributed by atoms with Gasteiger partial charge in [-0.05, 0) is 36.2 Å². The summed E-state index contributed by atoms with van der Waals surface area (Å²) in [6, 6.07) is 17.3. The first-order valence-electron chi connectivity index (χ1n) is 9.18. The van der Waals surface area contributed by atoms with Crippen molar-refractivity contribution in [1.82, 2.24) is 9.80 Å². The van der Waals surface area contributed by atoms with Crippen molar-refractivity contribution in [2.75, 3.05) is 39.3 Å². The molecule has 27 heavy (non-hydrogen) atoms. The molecule has 0 radical (unpaired) electrons. The molecule has 2 aromatic carbocycles. The Morgan fingerprint density at radius 3 is 2.22 bits per heavy atom. The fraction of sp³-hybridized carbons (Fsp3) is 0.333. The number of amides is 2. The molecule has 0 unspecified atom stereocenters. The summed E-state index contributed by atoms with van der Waals surface area (Å²) in [6.45, 7) is 4.08. The predicted octanol–water partition coefficient (Wildman–Crippen LogP) is 1.55. The minimum Gasteiger partial charge on any atom is -0.484 e. The standard InChI is InChI=1S/C21H25N3O3/c22-20(25)16-27-19-8-6-18(7-9-19)21(26)24-14-12-23(13-15-24)11-10-17-4-2-1-3-5-17/h1-9H,10-16H2,(H2,22,25). The molecule has 1 aliphatic heterocycles. The van der Waals surface area contributed by atoms with Crippen molar-refractivity contribution in [2.24, 2.45) is 5.73 Å². The maximum Gasteiger partial charge on any atom is 0.255 e. The highest BCUT2D eigenvalue weighted by Gasteiger charge is 2.21. The first-order valence-corrected chi connectivity index (χ1v) is 9.18. The number of rotatable bonds is 7. The first kappa shape index (κ1) is 18.9. The highest BCUT2D eigenvalue weighted by molar-refractivity contribution is 5.94. The fourth-order valence-corrected chi connectivity index (χ4v) is 3.14. The number of hydrogen-bond acceptors (Lipinski definition) is 4. The van der Waals surface area contributed by atoms with Crippen molar-refractivity contribution in [3.05, 3.63) is 65.7 Å². The topological polar surface area (TPSA) is 75.9 Å². The van der Waals surface area contributed by atoms with E-state index in [1.54, 1.807) is 24.3 Å². The van der Waals surface area contributed by atoms with Gasteiger partial charge in [0, 0.05) is 38.3 Å². The third kappa shape index (κ3) is 5.56. The number of piperazine rings is 1. The largest absolute Gasteiger partial charge is 0.484 e. The van der Waals surface area contributed by atoms with Crippen LogP contribution < -0.4 is 10.5 Å². The van der Waals surface area contributed by atoms with Crippen molar-refractivity contribution in [1.29, 1.82) is 0 Å². The molecular weight excluding hydrogens is 342 g/mol. The van der Waals surface area contributed by atoms with Gasteiger partial charge in [-0.15, -0.1) is 0 Å². The summed E-state index contributed by atoms with van der Waals surface area (Å²) in [4.78, 5) is 27.7. The Morgan fingerprint density at radius 2 is 1.59 bits per heavy atom. The van der Waals surface area contributed by atoms with E-state index in [1.165, 1.54) is 5.56 Å². The number of ether oxygens (including phenoxy) is 1. The van der Waals surface area contributed by atoms with Gasteiger partial charge in [0.15, 0.2) is 6.61 Å². The van der Waals surface area contributed by atoms with Crippen LogP contribution >= 0.6 is 0 Å². The summed E-state index contributed by atoms with van der Waals surface area (Å²) >= 11 is 0. The molecule has 0 aliphatic carbocycles. The van der Waals surface area contributed by atoms with Gasteiger partial charge < -0.3 is 15.4 Å². The molecule has 0 aromatic heterocycles. The highest BCUT2D eigenvalue weighted by atomic mass is 16.5. The van der Waals surface area contributed by atoms with Crippen LogP contribution in [-0.2, 0) is 11.2 Å². The number of nitrogens with zero attached hydrogens (tertiary/aromatic N) is 2. The summed E-state index contributed by atoms with van der Waals surface area (Å²) < 4.78 is 5.22. The summed E-state index contributed by atoms with van der Waals surface area (Å²) in [6.07, 6.45) is 1.03. The molecule has 1 heterocycles. The molecule has 2 aromatic rings. The van der Waals surface area contributed by atoms with Crippen LogP contribution in [0.4, 0.5) is 0 Å². The lowest BCUT2D eigenvalue weighted by molar-refractivity contribution is -0.119. The first-order chi connectivity index (χ1) is 13.1. The summed E-state index contributed by atoms with van der Waals surface area (Å²) in [7, 11) is 0. The zero-order chi connectivity index (χ0) is 19.1. The predicted molar refractivity (Wildman–Crippen MR) is 104 cm³/mol. The number of benzene rings is 2. The molecular formula is C21H25N3O3. The van der Waals surface area contributed by atoms with Crippen molar-refractivity contribution in [3.63, 3.8) is 0 Å². The number of carbonyl (C=O) groups is 2. The maximum atomic E-state index is 12.7. The molecule has 142 valence electrons. The molecule has 1 fully saturated rings. The molecule has 1 saturated heterocycles. The van der Waals surface area contributed by atoms with Gasteiger partial charge in [-0.2, -0.15) is 0 Å². The molecule has 1 aliphatic rings. The van der Waals surface area contributed by atoms with Crippen LogP contribution in [0.1, 0.15) is 15.9 Å². The second-order valence-corrected chi connectivity index (χ2v) is 6.65. The minimum atomic E-state index is -0.528. The lowest BCUT2D eigenvalue weighted by Crippen LogP contribution is -2.49. The molecule has 3 rings (SSSR count). The SMILES string of the molecule is NC(=O)COc1ccc(C(=O)N2CCN(CCc3ccccc3)CC2)cc1. The van der Waals surface area contributed by atoms with Crippen molar-refractivity contribution in [3.8, 4) is 5.75 Å². The number of hydrogen-bond donors (Lipinski definition) is 1. The Hall–Kier alpha value is -2.86. The minimum absolute atomic E-state index is 0.0270.